The number of H-pyrrole nitrogens is 1. The van der Waals surface area contributed by atoms with Crippen LogP contribution in [0.15, 0.2) is 48.5 Å². The molecule has 28 heavy (non-hydrogen) atoms. The third-order valence-electron chi connectivity index (χ3n) is 5.09. The van der Waals surface area contributed by atoms with Crippen LogP contribution in [0.25, 0.3) is 21.1 Å². The van der Waals surface area contributed by atoms with Gasteiger partial charge in [0.25, 0.3) is 11.1 Å². The van der Waals surface area contributed by atoms with E-state index in [0.717, 1.165) is 34.0 Å². The Labute approximate surface area is 164 Å². The molecule has 7 heteroatoms. The van der Waals surface area contributed by atoms with Crippen LogP contribution in [-0.2, 0) is 0 Å². The van der Waals surface area contributed by atoms with E-state index in [1.807, 2.05) is 35.2 Å². The maximum atomic E-state index is 13.3. The molecule has 2 aromatic heterocycles. The van der Waals surface area contributed by atoms with Crippen molar-refractivity contribution in [2.24, 2.45) is 0 Å². The molecule has 0 atom stereocenters. The fraction of sp³-hybridized carbons (Fsp3) is 0.238. The molecule has 0 unspecified atom stereocenters. The van der Waals surface area contributed by atoms with Crippen LogP contribution in [0, 0.1) is 5.82 Å². The summed E-state index contributed by atoms with van der Waals surface area (Å²) in [6.45, 7) is 1.27. The number of carbonyl (C=O) groups excluding carboxylic acids is 1. The molecule has 0 bridgehead atoms. The number of piperidine rings is 1. The van der Waals surface area contributed by atoms with Gasteiger partial charge in [0.2, 0.25) is 0 Å². The van der Waals surface area contributed by atoms with Crippen LogP contribution in [0.2, 0.25) is 0 Å². The van der Waals surface area contributed by atoms with Crippen LogP contribution in [-0.4, -0.2) is 40.0 Å². The van der Waals surface area contributed by atoms with E-state index in [4.69, 9.17) is 4.74 Å². The fourth-order valence-electron chi connectivity index (χ4n) is 3.61. The molecule has 2 aromatic carbocycles. The normalized spacial score (nSPS) is 15.4. The van der Waals surface area contributed by atoms with Crippen molar-refractivity contribution >= 4 is 38.4 Å². The SMILES string of the molecule is O=C(c1cc2ccccc2[nH]1)N1CCC(Oc2nc3ccc(F)cc3s2)CC1. The standard InChI is InChI=1S/C21H18FN3O2S/c22-14-5-6-17-19(12-14)28-21(24-17)27-15-7-9-25(10-8-15)20(26)18-11-13-3-1-2-4-16(13)23-18/h1-6,11-12,15,23H,7-10H2. The molecule has 0 saturated carbocycles. The van der Waals surface area contributed by atoms with Gasteiger partial charge >= 0.3 is 0 Å². The number of halogens is 1. The van der Waals surface area contributed by atoms with Gasteiger partial charge in [0.15, 0.2) is 0 Å². The lowest BCUT2D eigenvalue weighted by Gasteiger charge is -2.31. The molecule has 1 fully saturated rings. The topological polar surface area (TPSA) is 58.2 Å². The van der Waals surface area contributed by atoms with Crippen LogP contribution in [0.1, 0.15) is 23.3 Å². The van der Waals surface area contributed by atoms with E-state index in [9.17, 15) is 9.18 Å². The van der Waals surface area contributed by atoms with Gasteiger partial charge in [-0.15, -0.1) is 0 Å². The number of amides is 1. The lowest BCUT2D eigenvalue weighted by Crippen LogP contribution is -2.41. The Morgan fingerprint density at radius 3 is 2.82 bits per heavy atom. The number of aromatic nitrogens is 2. The molecule has 1 N–H and O–H groups in total. The maximum Gasteiger partial charge on any atom is 0.274 e. The zero-order chi connectivity index (χ0) is 19.1. The van der Waals surface area contributed by atoms with Crippen LogP contribution in [0.3, 0.4) is 0 Å². The number of fused-ring (bicyclic) bond motifs is 2. The van der Waals surface area contributed by atoms with Gasteiger partial charge in [-0.25, -0.2) is 9.37 Å². The van der Waals surface area contributed by atoms with Crippen molar-refractivity contribution in [3.05, 3.63) is 60.0 Å². The number of carbonyl (C=O) groups is 1. The van der Waals surface area contributed by atoms with Crippen molar-refractivity contribution in [1.29, 1.82) is 0 Å². The van der Waals surface area contributed by atoms with Gasteiger partial charge in [0, 0.05) is 36.8 Å². The number of ether oxygens (including phenoxy) is 1. The van der Waals surface area contributed by atoms with Crippen LogP contribution in [0.5, 0.6) is 5.19 Å². The summed E-state index contributed by atoms with van der Waals surface area (Å²) >= 11 is 1.35. The number of thiazole rings is 1. The number of likely N-dealkylation sites (tertiary alicyclic amines) is 1. The monoisotopic (exact) mass is 395 g/mol. The zero-order valence-electron chi connectivity index (χ0n) is 15.0. The minimum atomic E-state index is -0.272. The molecule has 1 aliphatic heterocycles. The number of nitrogens with zero attached hydrogens (tertiary/aromatic N) is 2. The Hall–Kier alpha value is -2.93. The Bertz CT molecular complexity index is 1130. The Balaban J connectivity index is 1.23. The highest BCUT2D eigenvalue weighted by molar-refractivity contribution is 7.20. The van der Waals surface area contributed by atoms with Gasteiger partial charge in [0.05, 0.1) is 10.2 Å². The first-order chi connectivity index (χ1) is 13.7. The van der Waals surface area contributed by atoms with E-state index < -0.39 is 0 Å². The molecule has 1 aliphatic rings. The van der Waals surface area contributed by atoms with Crippen molar-refractivity contribution in [3.63, 3.8) is 0 Å². The molecule has 0 aliphatic carbocycles. The van der Waals surface area contributed by atoms with E-state index in [0.29, 0.717) is 24.0 Å². The maximum absolute atomic E-state index is 13.3. The van der Waals surface area contributed by atoms with Crippen molar-refractivity contribution in [3.8, 4) is 5.19 Å². The lowest BCUT2D eigenvalue weighted by atomic mass is 10.1. The molecule has 5 rings (SSSR count). The summed E-state index contributed by atoms with van der Waals surface area (Å²) in [7, 11) is 0. The van der Waals surface area contributed by atoms with Crippen LogP contribution in [0.4, 0.5) is 4.39 Å². The second-order valence-electron chi connectivity index (χ2n) is 6.97. The molecule has 3 heterocycles. The highest BCUT2D eigenvalue weighted by atomic mass is 32.1. The molecule has 142 valence electrons. The summed E-state index contributed by atoms with van der Waals surface area (Å²) in [5.41, 5.74) is 2.33. The first-order valence-corrected chi connectivity index (χ1v) is 10.1. The number of benzene rings is 2. The smallest absolute Gasteiger partial charge is 0.274 e. The van der Waals surface area contributed by atoms with Gasteiger partial charge in [-0.3, -0.25) is 4.79 Å². The third kappa shape index (κ3) is 3.22. The van der Waals surface area contributed by atoms with Crippen LogP contribution < -0.4 is 4.74 Å². The molecular weight excluding hydrogens is 377 g/mol. The van der Waals surface area contributed by atoms with Crippen molar-refractivity contribution < 1.29 is 13.9 Å². The van der Waals surface area contributed by atoms with Crippen LogP contribution >= 0.6 is 11.3 Å². The van der Waals surface area contributed by atoms with Gasteiger partial charge < -0.3 is 14.6 Å². The van der Waals surface area contributed by atoms with Gasteiger partial charge in [-0.1, -0.05) is 29.5 Å². The summed E-state index contributed by atoms with van der Waals surface area (Å²) in [6.07, 6.45) is 1.50. The predicted octanol–water partition coefficient (Wildman–Crippen LogP) is 4.60. The quantitative estimate of drug-likeness (QED) is 0.552. The third-order valence-corrected chi connectivity index (χ3v) is 6.00. The predicted molar refractivity (Wildman–Crippen MR) is 107 cm³/mol. The van der Waals surface area contributed by atoms with E-state index in [2.05, 4.69) is 9.97 Å². The highest BCUT2D eigenvalue weighted by Crippen LogP contribution is 2.30. The lowest BCUT2D eigenvalue weighted by molar-refractivity contribution is 0.0591. The molecule has 5 nitrogen and oxygen atoms in total. The minimum Gasteiger partial charge on any atom is -0.467 e. The molecular formula is C21H18FN3O2S. The van der Waals surface area contributed by atoms with E-state index in [1.165, 1.54) is 23.5 Å². The van der Waals surface area contributed by atoms with E-state index >= 15 is 0 Å². The first kappa shape index (κ1) is 17.2. The average molecular weight is 395 g/mol. The molecule has 0 spiro atoms. The largest absolute Gasteiger partial charge is 0.467 e. The number of aromatic amines is 1. The number of nitrogens with one attached hydrogen (secondary N) is 1. The fourth-order valence-corrected chi connectivity index (χ4v) is 4.51. The Morgan fingerprint density at radius 2 is 2.00 bits per heavy atom. The van der Waals surface area contributed by atoms with Crippen molar-refractivity contribution in [2.75, 3.05) is 13.1 Å². The summed E-state index contributed by atoms with van der Waals surface area (Å²) in [6, 6.07) is 14.3. The summed E-state index contributed by atoms with van der Waals surface area (Å²) in [4.78, 5) is 22.3. The average Bonchev–Trinajstić information content (AvgIpc) is 3.31. The number of para-hydroxylation sites is 1. The zero-order valence-corrected chi connectivity index (χ0v) is 15.8. The van der Waals surface area contributed by atoms with Gasteiger partial charge in [-0.05, 0) is 30.3 Å². The number of hydrogen-bond acceptors (Lipinski definition) is 4. The highest BCUT2D eigenvalue weighted by Gasteiger charge is 2.26. The Kier molecular flexibility index (Phi) is 4.24. The molecule has 0 radical (unpaired) electrons. The first-order valence-electron chi connectivity index (χ1n) is 9.25. The van der Waals surface area contributed by atoms with Gasteiger partial charge in [-0.2, -0.15) is 0 Å². The second kappa shape index (κ2) is 6.91. The minimum absolute atomic E-state index is 0.0113. The molecule has 1 saturated heterocycles. The van der Waals surface area contributed by atoms with Crippen molar-refractivity contribution in [2.45, 2.75) is 18.9 Å². The van der Waals surface area contributed by atoms with E-state index in [1.54, 1.807) is 6.07 Å². The van der Waals surface area contributed by atoms with Gasteiger partial charge in [0.1, 0.15) is 17.6 Å². The summed E-state index contributed by atoms with van der Waals surface area (Å²) in [5, 5.41) is 1.59. The molecule has 4 aromatic rings. The number of hydrogen-bond donors (Lipinski definition) is 1. The van der Waals surface area contributed by atoms with Crippen molar-refractivity contribution in [1.82, 2.24) is 14.9 Å². The van der Waals surface area contributed by atoms with E-state index in [-0.39, 0.29) is 17.8 Å². The Morgan fingerprint density at radius 1 is 1.18 bits per heavy atom. The molecule has 1 amide bonds. The number of rotatable bonds is 3. The second-order valence-corrected chi connectivity index (χ2v) is 7.96. The summed E-state index contributed by atoms with van der Waals surface area (Å²) < 4.78 is 20.1. The summed E-state index contributed by atoms with van der Waals surface area (Å²) in [5.74, 6) is -0.253.